The molecule has 1 unspecified atom stereocenters. The van der Waals surface area contributed by atoms with Crippen LogP contribution in [0.1, 0.15) is 55.0 Å². The second kappa shape index (κ2) is 9.51. The zero-order valence-electron chi connectivity index (χ0n) is 21.3. The van der Waals surface area contributed by atoms with Crippen LogP contribution in [0.5, 0.6) is 5.75 Å². The number of carbonyl (C=O) groups is 1. The molecule has 2 aliphatic rings. The maximum atomic E-state index is 11.5. The summed E-state index contributed by atoms with van der Waals surface area (Å²) in [7, 11) is 0. The first-order valence-electron chi connectivity index (χ1n) is 12.7. The number of β-amino-alcohol motifs (C(OH)–C–C–N with tert-alkyl or cyclic N) is 1. The maximum Gasteiger partial charge on any atom is 0.311 e. The minimum Gasteiger partial charge on any atom is -0.488 e. The van der Waals surface area contributed by atoms with Crippen LogP contribution < -0.4 is 10.1 Å². The van der Waals surface area contributed by atoms with Gasteiger partial charge in [0.1, 0.15) is 17.8 Å². The molecule has 3 aromatic carbocycles. The summed E-state index contributed by atoms with van der Waals surface area (Å²) in [5.41, 5.74) is 3.97. The van der Waals surface area contributed by atoms with Crippen LogP contribution in [0.25, 0.3) is 10.8 Å². The van der Waals surface area contributed by atoms with Crippen molar-refractivity contribution in [2.24, 2.45) is 5.92 Å². The quantitative estimate of drug-likeness (QED) is 0.381. The Balaban J connectivity index is 1.16. The van der Waals surface area contributed by atoms with E-state index in [9.17, 15) is 15.0 Å². The average Bonchev–Trinajstić information content (AvgIpc) is 3.43. The van der Waals surface area contributed by atoms with Gasteiger partial charge in [-0.15, -0.1) is 0 Å². The van der Waals surface area contributed by atoms with Gasteiger partial charge in [0.25, 0.3) is 0 Å². The van der Waals surface area contributed by atoms with E-state index in [1.54, 1.807) is 0 Å². The molecule has 3 N–H and O–H groups in total. The predicted octanol–water partition coefficient (Wildman–Crippen LogP) is 4.76. The van der Waals surface area contributed by atoms with E-state index in [-0.39, 0.29) is 30.3 Å². The van der Waals surface area contributed by atoms with Crippen molar-refractivity contribution in [3.05, 3.63) is 76.9 Å². The number of aliphatic hydroxyl groups is 1. The molecule has 0 spiro atoms. The van der Waals surface area contributed by atoms with Crippen molar-refractivity contribution in [2.45, 2.75) is 63.9 Å². The molecule has 1 aliphatic heterocycles. The van der Waals surface area contributed by atoms with Crippen LogP contribution in [0, 0.1) is 12.8 Å². The molecule has 1 saturated carbocycles. The van der Waals surface area contributed by atoms with Crippen molar-refractivity contribution in [1.29, 1.82) is 0 Å². The van der Waals surface area contributed by atoms with Crippen molar-refractivity contribution in [2.75, 3.05) is 13.2 Å². The van der Waals surface area contributed by atoms with E-state index in [1.807, 2.05) is 32.0 Å². The third-order valence-electron chi connectivity index (χ3n) is 7.51. The number of aryl methyl sites for hydroxylation is 1. The Kier molecular flexibility index (Phi) is 6.54. The van der Waals surface area contributed by atoms with E-state index >= 15 is 0 Å². The van der Waals surface area contributed by atoms with E-state index in [2.05, 4.69) is 55.6 Å². The summed E-state index contributed by atoms with van der Waals surface area (Å²) in [6.45, 7) is 8.79. The number of carboxylic acid groups (broad SMARTS) is 1. The Labute approximate surface area is 212 Å². The van der Waals surface area contributed by atoms with Gasteiger partial charge in [0, 0.05) is 23.6 Å². The van der Waals surface area contributed by atoms with Gasteiger partial charge in [0.15, 0.2) is 0 Å². The van der Waals surface area contributed by atoms with Crippen LogP contribution in [0.4, 0.5) is 0 Å². The lowest BCUT2D eigenvalue weighted by atomic mass is 9.93. The van der Waals surface area contributed by atoms with Gasteiger partial charge in [-0.25, -0.2) is 0 Å². The van der Waals surface area contributed by atoms with E-state index in [0.29, 0.717) is 6.54 Å². The van der Waals surface area contributed by atoms with Crippen molar-refractivity contribution in [1.82, 2.24) is 5.32 Å². The van der Waals surface area contributed by atoms with Gasteiger partial charge < -0.3 is 25.0 Å². The number of carboxylic acids is 1. The highest BCUT2D eigenvalue weighted by Crippen LogP contribution is 2.61. The highest BCUT2D eigenvalue weighted by atomic mass is 16.5. The number of hydrogen-bond donors (Lipinski definition) is 3. The third kappa shape index (κ3) is 4.85. The summed E-state index contributed by atoms with van der Waals surface area (Å²) in [4.78, 5) is 11.5. The molecule has 0 amide bonds. The monoisotopic (exact) mass is 489 g/mol. The lowest BCUT2D eigenvalue weighted by Crippen LogP contribution is -2.46. The first-order chi connectivity index (χ1) is 17.1. The number of nitrogens with one attached hydrogen (secondary N) is 1. The molecule has 3 aromatic rings. The lowest BCUT2D eigenvalue weighted by molar-refractivity contribution is -0.139. The minimum absolute atomic E-state index is 0.110. The Bertz CT molecular complexity index is 1290. The van der Waals surface area contributed by atoms with Gasteiger partial charge in [-0.3, -0.25) is 4.79 Å². The van der Waals surface area contributed by atoms with Crippen molar-refractivity contribution in [3.63, 3.8) is 0 Å². The van der Waals surface area contributed by atoms with Crippen LogP contribution in [0.3, 0.4) is 0 Å². The topological polar surface area (TPSA) is 88.0 Å². The highest BCUT2D eigenvalue weighted by molar-refractivity contribution is 5.83. The van der Waals surface area contributed by atoms with E-state index in [1.165, 1.54) is 16.3 Å². The zero-order chi connectivity index (χ0) is 25.6. The fraction of sp³-hybridized carbons (Fsp3) is 0.433. The predicted molar refractivity (Wildman–Crippen MR) is 140 cm³/mol. The van der Waals surface area contributed by atoms with E-state index in [0.717, 1.165) is 28.9 Å². The zero-order valence-corrected chi connectivity index (χ0v) is 21.3. The molecule has 6 nitrogen and oxygen atoms in total. The largest absolute Gasteiger partial charge is 0.488 e. The Morgan fingerprint density at radius 3 is 2.64 bits per heavy atom. The molecule has 1 heterocycles. The molecule has 5 atom stereocenters. The standard InChI is InChI=1S/C30H35NO5/c1-17-9-12-23(24-25-26(29(33)34)28(25)36-27(17)24)18(2)35-16-22(32)15-31-30(3,4)14-19-10-11-20-7-5-6-8-21(20)13-19/h5-13,18,22,25-26,28,31-32H,14-16H2,1-4H3,(H,33,34)/t18-,22?,25+,26+,28+/m1/s1. The molecular formula is C30H35NO5. The van der Waals surface area contributed by atoms with Crippen LogP contribution in [0.15, 0.2) is 54.6 Å². The van der Waals surface area contributed by atoms with Crippen molar-refractivity contribution < 1.29 is 24.5 Å². The Morgan fingerprint density at radius 2 is 1.89 bits per heavy atom. The van der Waals surface area contributed by atoms with Gasteiger partial charge >= 0.3 is 5.97 Å². The summed E-state index contributed by atoms with van der Waals surface area (Å²) < 4.78 is 12.0. The third-order valence-corrected chi connectivity index (χ3v) is 7.51. The van der Waals surface area contributed by atoms with Gasteiger partial charge in [-0.05, 0) is 61.6 Å². The average molecular weight is 490 g/mol. The summed E-state index contributed by atoms with van der Waals surface area (Å²) in [5.74, 6) is -0.608. The number of fused-ring (bicyclic) bond motifs is 4. The molecule has 0 aromatic heterocycles. The van der Waals surface area contributed by atoms with Gasteiger partial charge in [-0.1, -0.05) is 54.6 Å². The van der Waals surface area contributed by atoms with Gasteiger partial charge in [0.2, 0.25) is 0 Å². The molecule has 0 saturated heterocycles. The number of aliphatic carboxylic acids is 1. The molecule has 1 aliphatic carbocycles. The van der Waals surface area contributed by atoms with E-state index < -0.39 is 18.0 Å². The molecule has 6 heteroatoms. The molecule has 0 radical (unpaired) electrons. The van der Waals surface area contributed by atoms with Crippen molar-refractivity contribution >= 4 is 16.7 Å². The summed E-state index contributed by atoms with van der Waals surface area (Å²) >= 11 is 0. The van der Waals surface area contributed by atoms with Crippen LogP contribution >= 0.6 is 0 Å². The fourth-order valence-electron chi connectivity index (χ4n) is 5.50. The minimum atomic E-state index is -0.815. The summed E-state index contributed by atoms with van der Waals surface area (Å²) in [6.07, 6.45) is -0.385. The van der Waals surface area contributed by atoms with Crippen LogP contribution in [0.2, 0.25) is 0 Å². The normalized spacial score (nSPS) is 22.0. The van der Waals surface area contributed by atoms with Crippen LogP contribution in [-0.2, 0) is 16.0 Å². The second-order valence-electron chi connectivity index (χ2n) is 10.9. The SMILES string of the molecule is Cc1ccc([C@@H](C)OCC(O)CNC(C)(C)Cc2ccc3ccccc3c2)c2c1O[C@@H]1[C@@H](C(=O)O)[C@H]21. The van der Waals surface area contributed by atoms with Gasteiger partial charge in [0.05, 0.1) is 18.8 Å². The molecule has 5 rings (SSSR count). The fourth-order valence-corrected chi connectivity index (χ4v) is 5.50. The number of rotatable bonds is 10. The van der Waals surface area contributed by atoms with Crippen LogP contribution in [-0.4, -0.2) is 47.1 Å². The summed E-state index contributed by atoms with van der Waals surface area (Å²) in [5, 5.41) is 26.1. The molecule has 190 valence electrons. The number of aliphatic hydroxyl groups excluding tert-OH is 1. The van der Waals surface area contributed by atoms with E-state index in [4.69, 9.17) is 9.47 Å². The van der Waals surface area contributed by atoms with Gasteiger partial charge in [-0.2, -0.15) is 0 Å². The number of hydrogen-bond acceptors (Lipinski definition) is 5. The first kappa shape index (κ1) is 24.8. The molecule has 1 fully saturated rings. The maximum absolute atomic E-state index is 11.5. The second-order valence-corrected chi connectivity index (χ2v) is 10.9. The first-order valence-corrected chi connectivity index (χ1v) is 12.7. The molecule has 0 bridgehead atoms. The molecule has 36 heavy (non-hydrogen) atoms. The Hall–Kier alpha value is -2.93. The summed E-state index contributed by atoms with van der Waals surface area (Å²) in [6, 6.07) is 18.9. The number of ether oxygens (including phenoxy) is 2. The lowest BCUT2D eigenvalue weighted by Gasteiger charge is -2.28. The number of benzene rings is 3. The Morgan fingerprint density at radius 1 is 1.14 bits per heavy atom. The van der Waals surface area contributed by atoms with Crippen molar-refractivity contribution in [3.8, 4) is 5.75 Å². The highest BCUT2D eigenvalue weighted by Gasteiger charge is 2.64. The molecular weight excluding hydrogens is 454 g/mol. The smallest absolute Gasteiger partial charge is 0.311 e.